The molecular formula is C22H17ClN2O4S. The molecule has 3 aromatic rings. The molecule has 1 saturated heterocycles. The minimum atomic E-state index is -0.248. The lowest BCUT2D eigenvalue weighted by molar-refractivity contribution is -0.115. The summed E-state index contributed by atoms with van der Waals surface area (Å²) in [6.45, 7) is 0. The third-order valence-electron chi connectivity index (χ3n) is 4.30. The highest BCUT2D eigenvalue weighted by Crippen LogP contribution is 2.35. The van der Waals surface area contributed by atoms with E-state index >= 15 is 0 Å². The maximum absolute atomic E-state index is 12.4. The average Bonchev–Trinajstić information content (AvgIpc) is 3.35. The first-order valence-electron chi connectivity index (χ1n) is 8.93. The van der Waals surface area contributed by atoms with Crippen LogP contribution in [0.2, 0.25) is 5.02 Å². The Kier molecular flexibility index (Phi) is 5.83. The van der Waals surface area contributed by atoms with Gasteiger partial charge in [-0.25, -0.2) is 4.99 Å². The van der Waals surface area contributed by atoms with E-state index in [0.717, 1.165) is 5.56 Å². The molecule has 152 valence electrons. The van der Waals surface area contributed by atoms with Crippen molar-refractivity contribution < 1.29 is 18.7 Å². The van der Waals surface area contributed by atoms with E-state index in [1.807, 2.05) is 24.3 Å². The van der Waals surface area contributed by atoms with Gasteiger partial charge in [-0.15, -0.1) is 0 Å². The summed E-state index contributed by atoms with van der Waals surface area (Å²) in [5.74, 6) is 2.14. The molecule has 0 spiro atoms. The van der Waals surface area contributed by atoms with Crippen LogP contribution in [0, 0.1) is 0 Å². The SMILES string of the molecule is COc1ccc(N=C2NC(=O)/C(=C\c3ccc(-c4ccccc4Cl)o3)S2)c(OC)c1. The van der Waals surface area contributed by atoms with Crippen LogP contribution in [0.3, 0.4) is 0 Å². The zero-order valence-electron chi connectivity index (χ0n) is 16.1. The van der Waals surface area contributed by atoms with Crippen LogP contribution < -0.4 is 14.8 Å². The number of ether oxygens (including phenoxy) is 2. The van der Waals surface area contributed by atoms with Crippen LogP contribution in [0.15, 0.2) is 68.9 Å². The predicted octanol–water partition coefficient (Wildman–Crippen LogP) is 5.51. The van der Waals surface area contributed by atoms with Gasteiger partial charge >= 0.3 is 0 Å². The number of methoxy groups -OCH3 is 2. The molecule has 0 radical (unpaired) electrons. The minimum Gasteiger partial charge on any atom is -0.497 e. The van der Waals surface area contributed by atoms with Crippen LogP contribution in [-0.2, 0) is 4.79 Å². The number of thioether (sulfide) groups is 1. The number of nitrogens with one attached hydrogen (secondary N) is 1. The first-order chi connectivity index (χ1) is 14.6. The normalized spacial score (nSPS) is 16.2. The Bertz CT molecular complexity index is 1170. The number of hydrogen-bond acceptors (Lipinski definition) is 6. The van der Waals surface area contributed by atoms with Gasteiger partial charge in [0.1, 0.15) is 28.7 Å². The van der Waals surface area contributed by atoms with E-state index in [-0.39, 0.29) is 5.91 Å². The summed E-state index contributed by atoms with van der Waals surface area (Å²) in [6, 6.07) is 16.3. The standard InChI is InChI=1S/C22H17ClN2O4S/c1-27-13-7-9-17(19(11-13)28-2)24-22-25-21(26)20(30-22)12-14-8-10-18(29-14)15-5-3-4-6-16(15)23/h3-12H,1-2H3,(H,24,25,26)/b20-12+. The first kappa shape index (κ1) is 20.1. The molecular weight excluding hydrogens is 424 g/mol. The van der Waals surface area contributed by atoms with Crippen molar-refractivity contribution in [1.29, 1.82) is 0 Å². The van der Waals surface area contributed by atoms with E-state index in [4.69, 9.17) is 25.5 Å². The molecule has 1 aliphatic rings. The lowest BCUT2D eigenvalue weighted by Gasteiger charge is -2.07. The Hall–Kier alpha value is -3.16. The fourth-order valence-corrected chi connectivity index (χ4v) is 3.88. The van der Waals surface area contributed by atoms with Crippen molar-refractivity contribution in [2.75, 3.05) is 14.2 Å². The summed E-state index contributed by atoms with van der Waals surface area (Å²) in [6.07, 6.45) is 1.67. The van der Waals surface area contributed by atoms with Crippen molar-refractivity contribution in [3.63, 3.8) is 0 Å². The molecule has 1 aliphatic heterocycles. The van der Waals surface area contributed by atoms with Crippen LogP contribution >= 0.6 is 23.4 Å². The van der Waals surface area contributed by atoms with Crippen LogP contribution in [0.5, 0.6) is 11.5 Å². The lowest BCUT2D eigenvalue weighted by Crippen LogP contribution is -2.19. The third kappa shape index (κ3) is 4.22. The smallest absolute Gasteiger partial charge is 0.264 e. The second-order valence-corrected chi connectivity index (χ2v) is 7.64. The predicted molar refractivity (Wildman–Crippen MR) is 120 cm³/mol. The van der Waals surface area contributed by atoms with Gasteiger partial charge in [0.25, 0.3) is 5.91 Å². The number of nitrogens with zero attached hydrogens (tertiary/aromatic N) is 1. The number of carbonyl (C=O) groups excluding carboxylic acids is 1. The van der Waals surface area contributed by atoms with Crippen molar-refractivity contribution in [3.05, 3.63) is 70.3 Å². The molecule has 1 amide bonds. The summed E-state index contributed by atoms with van der Waals surface area (Å²) in [7, 11) is 3.13. The molecule has 2 aromatic carbocycles. The Balaban J connectivity index is 1.57. The Morgan fingerprint density at radius 1 is 1.10 bits per heavy atom. The fraction of sp³-hybridized carbons (Fsp3) is 0.0909. The Morgan fingerprint density at radius 3 is 2.70 bits per heavy atom. The highest BCUT2D eigenvalue weighted by Gasteiger charge is 2.25. The molecule has 0 unspecified atom stereocenters. The van der Waals surface area contributed by atoms with Gasteiger partial charge in [-0.05, 0) is 48.2 Å². The van der Waals surface area contributed by atoms with E-state index in [1.54, 1.807) is 50.6 Å². The molecule has 30 heavy (non-hydrogen) atoms. The van der Waals surface area contributed by atoms with Gasteiger partial charge < -0.3 is 19.2 Å². The number of rotatable bonds is 5. The summed E-state index contributed by atoms with van der Waals surface area (Å²) in [5.41, 5.74) is 1.38. The quantitative estimate of drug-likeness (QED) is 0.529. The van der Waals surface area contributed by atoms with Crippen molar-refractivity contribution in [1.82, 2.24) is 5.32 Å². The molecule has 1 N–H and O–H groups in total. The van der Waals surface area contributed by atoms with Crippen LogP contribution in [0.1, 0.15) is 5.76 Å². The van der Waals surface area contributed by atoms with Crippen molar-refractivity contribution in [2.24, 2.45) is 4.99 Å². The van der Waals surface area contributed by atoms with Crippen LogP contribution in [-0.4, -0.2) is 25.3 Å². The summed E-state index contributed by atoms with van der Waals surface area (Å²) in [4.78, 5) is 17.3. The summed E-state index contributed by atoms with van der Waals surface area (Å²) >= 11 is 7.45. The molecule has 0 saturated carbocycles. The van der Waals surface area contributed by atoms with Gasteiger partial charge in [-0.1, -0.05) is 23.7 Å². The molecule has 0 atom stereocenters. The number of aliphatic imine (C=N–C) groups is 1. The Labute approximate surface area is 182 Å². The lowest BCUT2D eigenvalue weighted by atomic mass is 10.2. The zero-order valence-corrected chi connectivity index (χ0v) is 17.7. The van der Waals surface area contributed by atoms with E-state index in [2.05, 4.69) is 10.3 Å². The number of hydrogen-bond donors (Lipinski definition) is 1. The van der Waals surface area contributed by atoms with Crippen molar-refractivity contribution in [3.8, 4) is 22.8 Å². The fourth-order valence-electron chi connectivity index (χ4n) is 2.83. The Morgan fingerprint density at radius 2 is 1.93 bits per heavy atom. The number of benzene rings is 2. The second-order valence-electron chi connectivity index (χ2n) is 6.20. The van der Waals surface area contributed by atoms with Crippen molar-refractivity contribution in [2.45, 2.75) is 0 Å². The zero-order chi connectivity index (χ0) is 21.1. The average molecular weight is 441 g/mol. The highest BCUT2D eigenvalue weighted by atomic mass is 35.5. The molecule has 4 rings (SSSR count). The van der Waals surface area contributed by atoms with E-state index in [0.29, 0.717) is 43.8 Å². The maximum Gasteiger partial charge on any atom is 0.264 e. The minimum absolute atomic E-state index is 0.248. The number of amides is 1. The second kappa shape index (κ2) is 8.69. The van der Waals surface area contributed by atoms with Crippen LogP contribution in [0.4, 0.5) is 5.69 Å². The molecule has 1 fully saturated rings. The van der Waals surface area contributed by atoms with E-state index in [9.17, 15) is 4.79 Å². The van der Waals surface area contributed by atoms with E-state index in [1.165, 1.54) is 11.8 Å². The monoisotopic (exact) mass is 440 g/mol. The topological polar surface area (TPSA) is 73.1 Å². The van der Waals surface area contributed by atoms with Gasteiger partial charge in [-0.2, -0.15) is 0 Å². The van der Waals surface area contributed by atoms with Gasteiger partial charge in [0, 0.05) is 17.7 Å². The molecule has 8 heteroatoms. The molecule has 6 nitrogen and oxygen atoms in total. The molecule has 0 bridgehead atoms. The summed E-state index contributed by atoms with van der Waals surface area (Å²) in [5, 5.41) is 3.81. The van der Waals surface area contributed by atoms with Crippen molar-refractivity contribution >= 4 is 46.2 Å². The van der Waals surface area contributed by atoms with Gasteiger partial charge in [0.15, 0.2) is 5.17 Å². The number of furan rings is 1. The molecule has 0 aliphatic carbocycles. The van der Waals surface area contributed by atoms with Gasteiger partial charge in [-0.3, -0.25) is 4.79 Å². The van der Waals surface area contributed by atoms with Crippen LogP contribution in [0.25, 0.3) is 17.4 Å². The number of halogens is 1. The maximum atomic E-state index is 12.4. The third-order valence-corrected chi connectivity index (χ3v) is 5.54. The van der Waals surface area contributed by atoms with Gasteiger partial charge in [0.2, 0.25) is 0 Å². The highest BCUT2D eigenvalue weighted by molar-refractivity contribution is 8.18. The largest absolute Gasteiger partial charge is 0.497 e. The first-order valence-corrected chi connectivity index (χ1v) is 10.1. The number of amidine groups is 1. The molecule has 1 aromatic heterocycles. The number of carbonyl (C=O) groups is 1. The van der Waals surface area contributed by atoms with Gasteiger partial charge in [0.05, 0.1) is 24.1 Å². The summed E-state index contributed by atoms with van der Waals surface area (Å²) < 4.78 is 16.4. The molecule has 2 heterocycles. The van der Waals surface area contributed by atoms with E-state index < -0.39 is 0 Å².